The molecule has 1 aromatic rings. The second-order valence-electron chi connectivity index (χ2n) is 3.87. The highest BCUT2D eigenvalue weighted by Crippen LogP contribution is 1.99. The molecule has 0 saturated carbocycles. The van der Waals surface area contributed by atoms with Crippen LogP contribution in [0, 0.1) is 5.92 Å². The zero-order valence-electron chi connectivity index (χ0n) is 10.3. The minimum atomic E-state index is -0.895. The predicted octanol–water partition coefficient (Wildman–Crippen LogP) is 0.362. The van der Waals surface area contributed by atoms with Crippen LogP contribution >= 0.6 is 0 Å². The van der Waals surface area contributed by atoms with Crippen molar-refractivity contribution in [1.82, 2.24) is 20.6 Å². The summed E-state index contributed by atoms with van der Waals surface area (Å²) in [4.78, 5) is 29.0. The minimum absolute atomic E-state index is 0.137. The van der Waals surface area contributed by atoms with Gasteiger partial charge in [-0.15, -0.1) is 0 Å². The van der Waals surface area contributed by atoms with Gasteiger partial charge in [0.1, 0.15) is 5.82 Å². The van der Waals surface area contributed by atoms with Gasteiger partial charge in [0.2, 0.25) is 0 Å². The monoisotopic (exact) mass is 254 g/mol. The van der Waals surface area contributed by atoms with Crippen LogP contribution in [0.3, 0.4) is 0 Å². The number of H-pyrrole nitrogens is 1. The molecule has 0 radical (unpaired) electrons. The third-order valence-electron chi connectivity index (χ3n) is 2.55. The molecule has 1 aromatic heterocycles. The lowest BCUT2D eigenvalue weighted by Gasteiger charge is -2.11. The first-order chi connectivity index (χ1) is 8.63. The highest BCUT2D eigenvalue weighted by atomic mass is 16.4. The smallest absolute Gasteiger partial charge is 0.314 e. The Hall–Kier alpha value is -2.05. The maximum atomic E-state index is 11.4. The molecule has 0 aliphatic rings. The van der Waals surface area contributed by atoms with Crippen molar-refractivity contribution < 1.29 is 14.7 Å². The van der Waals surface area contributed by atoms with Crippen molar-refractivity contribution in [3.63, 3.8) is 0 Å². The van der Waals surface area contributed by atoms with E-state index in [0.29, 0.717) is 19.4 Å². The summed E-state index contributed by atoms with van der Waals surface area (Å²) < 4.78 is 0. The molecule has 0 aliphatic carbocycles. The SMILES string of the molecule is CCC(CNC(=O)NCCc1ncc[nH]1)C(=O)O. The van der Waals surface area contributed by atoms with Gasteiger partial charge in [-0.25, -0.2) is 9.78 Å². The molecule has 1 unspecified atom stereocenters. The van der Waals surface area contributed by atoms with Crippen molar-refractivity contribution in [2.75, 3.05) is 13.1 Å². The molecule has 0 bridgehead atoms. The number of aromatic nitrogens is 2. The number of aliphatic carboxylic acids is 1. The van der Waals surface area contributed by atoms with Crippen molar-refractivity contribution in [3.8, 4) is 0 Å². The molecule has 1 atom stereocenters. The van der Waals surface area contributed by atoms with Gasteiger partial charge >= 0.3 is 12.0 Å². The molecule has 1 rings (SSSR count). The quantitative estimate of drug-likeness (QED) is 0.563. The summed E-state index contributed by atoms with van der Waals surface area (Å²) in [6, 6.07) is -0.360. The number of urea groups is 1. The fourth-order valence-electron chi connectivity index (χ4n) is 1.41. The summed E-state index contributed by atoms with van der Waals surface area (Å²) in [6.45, 7) is 2.36. The van der Waals surface area contributed by atoms with Crippen LogP contribution in [0.5, 0.6) is 0 Å². The molecule has 100 valence electrons. The van der Waals surface area contributed by atoms with E-state index < -0.39 is 11.9 Å². The summed E-state index contributed by atoms with van der Waals surface area (Å²) in [6.07, 6.45) is 4.46. The first-order valence-electron chi connectivity index (χ1n) is 5.86. The average molecular weight is 254 g/mol. The second-order valence-corrected chi connectivity index (χ2v) is 3.87. The van der Waals surface area contributed by atoms with Gasteiger partial charge in [-0.2, -0.15) is 0 Å². The summed E-state index contributed by atoms with van der Waals surface area (Å²) >= 11 is 0. The molecule has 7 heteroatoms. The number of nitrogens with zero attached hydrogens (tertiary/aromatic N) is 1. The number of carboxylic acid groups (broad SMARTS) is 1. The molecule has 7 nitrogen and oxygen atoms in total. The molecule has 1 heterocycles. The van der Waals surface area contributed by atoms with Gasteiger partial charge in [-0.05, 0) is 6.42 Å². The number of amides is 2. The average Bonchev–Trinajstić information content (AvgIpc) is 2.82. The number of hydrogen-bond acceptors (Lipinski definition) is 3. The number of rotatable bonds is 7. The van der Waals surface area contributed by atoms with Crippen molar-refractivity contribution in [3.05, 3.63) is 18.2 Å². The van der Waals surface area contributed by atoms with Gasteiger partial charge in [-0.3, -0.25) is 4.79 Å². The molecule has 0 fully saturated rings. The first-order valence-corrected chi connectivity index (χ1v) is 5.86. The van der Waals surface area contributed by atoms with E-state index in [4.69, 9.17) is 5.11 Å². The van der Waals surface area contributed by atoms with Crippen molar-refractivity contribution in [2.45, 2.75) is 19.8 Å². The standard InChI is InChI=1S/C11H18N4O3/c1-2-8(10(16)17)7-15-11(18)14-4-3-9-12-5-6-13-9/h5-6,8H,2-4,7H2,1H3,(H,12,13)(H,16,17)(H2,14,15,18). The Kier molecular flexibility index (Phi) is 5.69. The van der Waals surface area contributed by atoms with E-state index >= 15 is 0 Å². The largest absolute Gasteiger partial charge is 0.481 e. The molecule has 0 aromatic carbocycles. The summed E-state index contributed by atoms with van der Waals surface area (Å²) in [5.41, 5.74) is 0. The fourth-order valence-corrected chi connectivity index (χ4v) is 1.41. The molecule has 18 heavy (non-hydrogen) atoms. The fraction of sp³-hybridized carbons (Fsp3) is 0.545. The molecule has 0 spiro atoms. The van der Waals surface area contributed by atoms with Crippen LogP contribution in [0.2, 0.25) is 0 Å². The molecule has 2 amide bonds. The van der Waals surface area contributed by atoms with E-state index in [0.717, 1.165) is 5.82 Å². The third kappa shape index (κ3) is 4.86. The van der Waals surface area contributed by atoms with E-state index in [2.05, 4.69) is 20.6 Å². The lowest BCUT2D eigenvalue weighted by molar-refractivity contribution is -0.141. The third-order valence-corrected chi connectivity index (χ3v) is 2.55. The van der Waals surface area contributed by atoms with Crippen LogP contribution in [0.1, 0.15) is 19.2 Å². The van der Waals surface area contributed by atoms with E-state index in [1.54, 1.807) is 19.3 Å². The maximum absolute atomic E-state index is 11.4. The van der Waals surface area contributed by atoms with Crippen LogP contribution in [0.4, 0.5) is 4.79 Å². The van der Waals surface area contributed by atoms with Gasteiger partial charge in [0.05, 0.1) is 5.92 Å². The number of hydrogen-bond donors (Lipinski definition) is 4. The summed E-state index contributed by atoms with van der Waals surface area (Å²) in [5, 5.41) is 14.0. The van der Waals surface area contributed by atoms with Gasteiger partial charge < -0.3 is 20.7 Å². The number of nitrogens with one attached hydrogen (secondary N) is 3. The van der Waals surface area contributed by atoms with Gasteiger partial charge in [0.25, 0.3) is 0 Å². The number of carbonyl (C=O) groups is 2. The Balaban J connectivity index is 2.15. The van der Waals surface area contributed by atoms with Gasteiger partial charge in [0, 0.05) is 31.9 Å². The highest BCUT2D eigenvalue weighted by molar-refractivity contribution is 5.75. The van der Waals surface area contributed by atoms with Crippen molar-refractivity contribution in [2.24, 2.45) is 5.92 Å². The van der Waals surface area contributed by atoms with Crippen molar-refractivity contribution >= 4 is 12.0 Å². The van der Waals surface area contributed by atoms with Crippen LogP contribution in [0.25, 0.3) is 0 Å². The number of carbonyl (C=O) groups excluding carboxylic acids is 1. The van der Waals surface area contributed by atoms with E-state index in [-0.39, 0.29) is 12.6 Å². The molecular weight excluding hydrogens is 236 g/mol. The summed E-state index contributed by atoms with van der Waals surface area (Å²) in [5.74, 6) is -0.638. The number of aromatic amines is 1. The number of imidazole rings is 1. The molecule has 4 N–H and O–H groups in total. The van der Waals surface area contributed by atoms with Gasteiger partial charge in [-0.1, -0.05) is 6.92 Å². The van der Waals surface area contributed by atoms with Crippen LogP contribution in [-0.4, -0.2) is 40.2 Å². The van der Waals surface area contributed by atoms with Crippen LogP contribution in [0.15, 0.2) is 12.4 Å². The number of carboxylic acids is 1. The topological polar surface area (TPSA) is 107 Å². The first kappa shape index (κ1) is 14.0. The van der Waals surface area contributed by atoms with E-state index in [9.17, 15) is 9.59 Å². The molecule has 0 aliphatic heterocycles. The van der Waals surface area contributed by atoms with E-state index in [1.807, 2.05) is 0 Å². The summed E-state index contributed by atoms with van der Waals surface area (Å²) in [7, 11) is 0. The zero-order chi connectivity index (χ0) is 13.4. The zero-order valence-corrected chi connectivity index (χ0v) is 10.3. The normalized spacial score (nSPS) is 11.8. The lowest BCUT2D eigenvalue weighted by atomic mass is 10.1. The lowest BCUT2D eigenvalue weighted by Crippen LogP contribution is -2.40. The molecular formula is C11H18N4O3. The Bertz CT molecular complexity index is 378. The van der Waals surface area contributed by atoms with Crippen LogP contribution < -0.4 is 10.6 Å². The Morgan fingerprint density at radius 1 is 1.50 bits per heavy atom. The second kappa shape index (κ2) is 7.31. The Morgan fingerprint density at radius 2 is 2.28 bits per heavy atom. The Labute approximate surface area is 105 Å². The minimum Gasteiger partial charge on any atom is -0.481 e. The van der Waals surface area contributed by atoms with Crippen molar-refractivity contribution in [1.29, 1.82) is 0 Å². The van der Waals surface area contributed by atoms with Gasteiger partial charge in [0.15, 0.2) is 0 Å². The maximum Gasteiger partial charge on any atom is 0.314 e. The Morgan fingerprint density at radius 3 is 2.83 bits per heavy atom. The molecule has 0 saturated heterocycles. The van der Waals surface area contributed by atoms with Crippen LogP contribution in [-0.2, 0) is 11.2 Å². The predicted molar refractivity (Wildman–Crippen MR) is 65.1 cm³/mol. The van der Waals surface area contributed by atoms with E-state index in [1.165, 1.54) is 0 Å². The highest BCUT2D eigenvalue weighted by Gasteiger charge is 2.15.